The van der Waals surface area contributed by atoms with E-state index < -0.39 is 0 Å². The summed E-state index contributed by atoms with van der Waals surface area (Å²) in [4.78, 5) is 35.9. The molecule has 2 N–H and O–H groups in total. The van der Waals surface area contributed by atoms with Gasteiger partial charge in [-0.15, -0.1) is 0 Å². The number of hydrazine groups is 1. The molecule has 3 aromatic rings. The Kier molecular flexibility index (Phi) is 8.80. The van der Waals surface area contributed by atoms with Crippen LogP contribution in [0.1, 0.15) is 36.8 Å². The van der Waals surface area contributed by atoms with Crippen molar-refractivity contribution < 1.29 is 19.1 Å². The summed E-state index contributed by atoms with van der Waals surface area (Å²) in [5.41, 5.74) is 6.95. The largest absolute Gasteiger partial charge is 0.466 e. The highest BCUT2D eigenvalue weighted by molar-refractivity contribution is 5.90. The molecular weight excluding hydrogens is 404 g/mol. The topological polar surface area (TPSA) is 84.5 Å². The van der Waals surface area contributed by atoms with Gasteiger partial charge in [0.1, 0.15) is 0 Å². The third-order valence-electron chi connectivity index (χ3n) is 5.07. The quantitative estimate of drug-likeness (QED) is 0.289. The molecule has 0 aromatic heterocycles. The van der Waals surface area contributed by atoms with Crippen LogP contribution in [0.25, 0.3) is 10.8 Å². The Labute approximate surface area is 187 Å². The third kappa shape index (κ3) is 7.54. The Morgan fingerprint density at radius 3 is 2.28 bits per heavy atom. The zero-order valence-electron chi connectivity index (χ0n) is 18.0. The van der Waals surface area contributed by atoms with Gasteiger partial charge in [0.05, 0.1) is 13.0 Å². The van der Waals surface area contributed by atoms with E-state index in [0.29, 0.717) is 13.0 Å². The molecule has 0 saturated heterocycles. The van der Waals surface area contributed by atoms with E-state index in [1.807, 2.05) is 72.8 Å². The van der Waals surface area contributed by atoms with Crippen LogP contribution in [0.5, 0.6) is 0 Å². The monoisotopic (exact) mass is 432 g/mol. The average molecular weight is 433 g/mol. The van der Waals surface area contributed by atoms with Crippen molar-refractivity contribution >= 4 is 28.6 Å². The Morgan fingerprint density at radius 1 is 0.719 bits per heavy atom. The van der Waals surface area contributed by atoms with Gasteiger partial charge in [-0.1, -0.05) is 72.8 Å². The number of rotatable bonds is 10. The molecule has 0 atom stereocenters. The highest BCUT2D eigenvalue weighted by Crippen LogP contribution is 2.18. The van der Waals surface area contributed by atoms with Gasteiger partial charge in [-0.25, -0.2) is 0 Å². The van der Waals surface area contributed by atoms with E-state index in [9.17, 15) is 14.4 Å². The van der Waals surface area contributed by atoms with Crippen LogP contribution in [-0.2, 0) is 32.0 Å². The molecule has 2 amide bonds. The molecule has 0 radical (unpaired) electrons. The van der Waals surface area contributed by atoms with Crippen molar-refractivity contribution in [1.29, 1.82) is 0 Å². The van der Waals surface area contributed by atoms with Crippen LogP contribution in [0.2, 0.25) is 0 Å². The predicted octanol–water partition coefficient (Wildman–Crippen LogP) is 3.88. The van der Waals surface area contributed by atoms with Crippen molar-refractivity contribution in [3.05, 3.63) is 83.9 Å². The van der Waals surface area contributed by atoms with Gasteiger partial charge in [0, 0.05) is 12.8 Å². The van der Waals surface area contributed by atoms with Gasteiger partial charge in [-0.2, -0.15) is 0 Å². The number of nitrogens with one attached hydrogen (secondary N) is 2. The highest BCUT2D eigenvalue weighted by Gasteiger charge is 2.10. The molecule has 6 heteroatoms. The van der Waals surface area contributed by atoms with Crippen LogP contribution in [0.4, 0.5) is 0 Å². The highest BCUT2D eigenvalue weighted by atomic mass is 16.5. The van der Waals surface area contributed by atoms with E-state index in [1.54, 1.807) is 0 Å². The summed E-state index contributed by atoms with van der Waals surface area (Å²) in [6, 6.07) is 23.7. The maximum Gasteiger partial charge on any atom is 0.305 e. The fourth-order valence-corrected chi connectivity index (χ4v) is 3.44. The van der Waals surface area contributed by atoms with E-state index in [2.05, 4.69) is 10.9 Å². The predicted molar refractivity (Wildman–Crippen MR) is 124 cm³/mol. The number of hydrogen-bond donors (Lipinski definition) is 2. The maximum atomic E-state index is 12.2. The van der Waals surface area contributed by atoms with E-state index in [4.69, 9.17) is 4.74 Å². The minimum atomic E-state index is -0.340. The number of carbonyl (C=O) groups excluding carboxylic acids is 3. The standard InChI is InChI=1S/C26H28N2O4/c29-24(16-7-17-26(31)32-18-8-11-20-9-2-1-3-10-20)27-28-25(30)19-22-14-6-13-21-12-4-5-15-23(21)22/h1-6,9-10,12-15H,7-8,11,16-19H2,(H,27,29)(H,28,30). The number of esters is 1. The minimum absolute atomic E-state index is 0.133. The van der Waals surface area contributed by atoms with Crippen molar-refractivity contribution in [1.82, 2.24) is 10.9 Å². The number of amides is 2. The van der Waals surface area contributed by atoms with E-state index in [-0.39, 0.29) is 37.0 Å². The SMILES string of the molecule is O=C(CCCC(=O)OCCCc1ccccc1)NNC(=O)Cc1cccc2ccccc12. The van der Waals surface area contributed by atoms with Crippen LogP contribution in [-0.4, -0.2) is 24.4 Å². The summed E-state index contributed by atoms with van der Waals surface area (Å²) in [6.45, 7) is 0.365. The van der Waals surface area contributed by atoms with Crippen molar-refractivity contribution in [3.8, 4) is 0 Å². The number of carbonyl (C=O) groups is 3. The van der Waals surface area contributed by atoms with Gasteiger partial charge in [0.15, 0.2) is 0 Å². The maximum absolute atomic E-state index is 12.2. The zero-order chi connectivity index (χ0) is 22.6. The minimum Gasteiger partial charge on any atom is -0.466 e. The van der Waals surface area contributed by atoms with Gasteiger partial charge < -0.3 is 4.74 Å². The fraction of sp³-hybridized carbons (Fsp3) is 0.269. The van der Waals surface area contributed by atoms with Gasteiger partial charge >= 0.3 is 5.97 Å². The second-order valence-corrected chi connectivity index (χ2v) is 7.57. The smallest absolute Gasteiger partial charge is 0.305 e. The number of fused-ring (bicyclic) bond motifs is 1. The molecule has 0 saturated carbocycles. The first-order chi connectivity index (χ1) is 15.6. The first kappa shape index (κ1) is 23.0. The summed E-state index contributed by atoms with van der Waals surface area (Å²) in [5.74, 6) is -0.952. The van der Waals surface area contributed by atoms with Gasteiger partial charge in [0.25, 0.3) is 0 Å². The summed E-state index contributed by atoms with van der Waals surface area (Å²) in [6.07, 6.45) is 2.45. The number of benzene rings is 3. The second kappa shape index (κ2) is 12.2. The third-order valence-corrected chi connectivity index (χ3v) is 5.07. The molecule has 3 rings (SSSR count). The molecule has 0 aliphatic carbocycles. The van der Waals surface area contributed by atoms with Crippen LogP contribution in [0, 0.1) is 0 Å². The molecule has 166 valence electrons. The van der Waals surface area contributed by atoms with Crippen LogP contribution in [0.15, 0.2) is 72.8 Å². The van der Waals surface area contributed by atoms with E-state index in [0.717, 1.165) is 29.2 Å². The first-order valence-corrected chi connectivity index (χ1v) is 10.9. The summed E-state index contributed by atoms with van der Waals surface area (Å²) >= 11 is 0. The molecule has 0 unspecified atom stereocenters. The lowest BCUT2D eigenvalue weighted by Crippen LogP contribution is -2.42. The molecular formula is C26H28N2O4. The Morgan fingerprint density at radius 2 is 1.44 bits per heavy atom. The fourth-order valence-electron chi connectivity index (χ4n) is 3.44. The van der Waals surface area contributed by atoms with Gasteiger partial charge in [-0.3, -0.25) is 25.2 Å². The molecule has 0 aliphatic heterocycles. The normalized spacial score (nSPS) is 10.5. The van der Waals surface area contributed by atoms with E-state index >= 15 is 0 Å². The molecule has 0 spiro atoms. The Hall–Kier alpha value is -3.67. The molecule has 0 aliphatic rings. The van der Waals surface area contributed by atoms with E-state index in [1.165, 1.54) is 5.56 Å². The number of ether oxygens (including phenoxy) is 1. The summed E-state index contributed by atoms with van der Waals surface area (Å²) < 4.78 is 5.20. The molecule has 0 bridgehead atoms. The first-order valence-electron chi connectivity index (χ1n) is 10.9. The lowest BCUT2D eigenvalue weighted by Gasteiger charge is -2.09. The Bertz CT molecular complexity index is 1040. The average Bonchev–Trinajstić information content (AvgIpc) is 2.81. The van der Waals surface area contributed by atoms with Crippen molar-refractivity contribution in [2.24, 2.45) is 0 Å². The number of aryl methyl sites for hydroxylation is 1. The van der Waals surface area contributed by atoms with Crippen LogP contribution < -0.4 is 10.9 Å². The molecule has 3 aromatic carbocycles. The molecule has 0 heterocycles. The van der Waals surface area contributed by atoms with Crippen molar-refractivity contribution in [2.45, 2.75) is 38.5 Å². The molecule has 32 heavy (non-hydrogen) atoms. The summed E-state index contributed by atoms with van der Waals surface area (Å²) in [5, 5.41) is 2.08. The van der Waals surface area contributed by atoms with Gasteiger partial charge in [0.2, 0.25) is 11.8 Å². The zero-order valence-corrected chi connectivity index (χ0v) is 18.0. The lowest BCUT2D eigenvalue weighted by molar-refractivity contribution is -0.144. The summed E-state index contributed by atoms with van der Waals surface area (Å²) in [7, 11) is 0. The molecule has 0 fully saturated rings. The Balaban J connectivity index is 1.27. The second-order valence-electron chi connectivity index (χ2n) is 7.57. The van der Waals surface area contributed by atoms with Crippen LogP contribution >= 0.6 is 0 Å². The van der Waals surface area contributed by atoms with Crippen molar-refractivity contribution in [3.63, 3.8) is 0 Å². The molecule has 6 nitrogen and oxygen atoms in total. The number of hydrogen-bond acceptors (Lipinski definition) is 4. The lowest BCUT2D eigenvalue weighted by atomic mass is 10.0. The van der Waals surface area contributed by atoms with Crippen molar-refractivity contribution in [2.75, 3.05) is 6.61 Å². The van der Waals surface area contributed by atoms with Gasteiger partial charge in [-0.05, 0) is 41.2 Å². The van der Waals surface area contributed by atoms with Crippen LogP contribution in [0.3, 0.4) is 0 Å².